The first-order chi connectivity index (χ1) is 15.2. The number of piperidine rings is 1. The molecule has 8 nitrogen and oxygen atoms in total. The molecule has 1 N–H and O–H groups in total. The molecule has 0 atom stereocenters. The van der Waals surface area contributed by atoms with Crippen molar-refractivity contribution >= 4 is 17.1 Å². The quantitative estimate of drug-likeness (QED) is 0.596. The van der Waals surface area contributed by atoms with Gasteiger partial charge >= 0.3 is 0 Å². The number of hydrogen-bond donors (Lipinski definition) is 1. The smallest absolute Gasteiger partial charge is 0.222 e. The van der Waals surface area contributed by atoms with Gasteiger partial charge in [0, 0.05) is 37.8 Å². The lowest BCUT2D eigenvalue weighted by atomic mass is 9.92. The molecule has 3 aromatic rings. The zero-order chi connectivity index (χ0) is 21.6. The highest BCUT2D eigenvalue weighted by molar-refractivity contribution is 5.77. The van der Waals surface area contributed by atoms with E-state index >= 15 is 0 Å². The van der Waals surface area contributed by atoms with Gasteiger partial charge in [-0.05, 0) is 50.8 Å². The molecule has 1 amide bonds. The van der Waals surface area contributed by atoms with Gasteiger partial charge in [0.15, 0.2) is 17.1 Å². The molecular formula is C23H29N5O3. The third-order valence-electron chi connectivity index (χ3n) is 5.71. The minimum atomic E-state index is 0.194. The maximum atomic E-state index is 12.8. The van der Waals surface area contributed by atoms with E-state index in [1.165, 1.54) is 0 Å². The number of aromatic nitrogens is 4. The van der Waals surface area contributed by atoms with Gasteiger partial charge in [-0.25, -0.2) is 9.97 Å². The van der Waals surface area contributed by atoms with E-state index < -0.39 is 0 Å². The van der Waals surface area contributed by atoms with Crippen molar-refractivity contribution < 1.29 is 14.3 Å². The third kappa shape index (κ3) is 4.78. The number of nitrogens with zero attached hydrogens (tertiary/aromatic N) is 4. The van der Waals surface area contributed by atoms with Gasteiger partial charge in [-0.15, -0.1) is 0 Å². The number of carbonyl (C=O) groups is 1. The standard InChI is InChI=1S/C23H29N5O3/c1-3-30-18-7-5-16(15-19(18)31-4-2)6-8-20(29)28-13-9-17(10-14-28)21-22-23(27-26-21)25-12-11-24-22/h5,7,11-12,15,17H,3-4,6,8-10,13-14H2,1-2H3,(H,25,26,27). The monoisotopic (exact) mass is 423 g/mol. The van der Waals surface area contributed by atoms with Crippen molar-refractivity contribution in [3.8, 4) is 11.5 Å². The van der Waals surface area contributed by atoms with Gasteiger partial charge in [0.2, 0.25) is 5.91 Å². The number of likely N-dealkylation sites (tertiary alicyclic amines) is 1. The van der Waals surface area contributed by atoms with Crippen LogP contribution in [0.4, 0.5) is 0 Å². The summed E-state index contributed by atoms with van der Waals surface area (Å²) < 4.78 is 11.3. The molecule has 0 spiro atoms. The van der Waals surface area contributed by atoms with E-state index in [1.54, 1.807) is 12.4 Å². The van der Waals surface area contributed by atoms with Crippen LogP contribution in [-0.4, -0.2) is 57.3 Å². The summed E-state index contributed by atoms with van der Waals surface area (Å²) >= 11 is 0. The van der Waals surface area contributed by atoms with E-state index in [4.69, 9.17) is 9.47 Å². The number of rotatable bonds is 8. The molecule has 31 heavy (non-hydrogen) atoms. The van der Waals surface area contributed by atoms with E-state index in [2.05, 4.69) is 20.2 Å². The Balaban J connectivity index is 1.32. The average Bonchev–Trinajstić information content (AvgIpc) is 3.23. The predicted molar refractivity (Wildman–Crippen MR) is 117 cm³/mol. The fraction of sp³-hybridized carbons (Fsp3) is 0.478. The number of hydrogen-bond acceptors (Lipinski definition) is 6. The SMILES string of the molecule is CCOc1ccc(CCC(=O)N2CCC(c3[nH]nc4nccnc34)CC2)cc1OCC. The van der Waals surface area contributed by atoms with Crippen molar-refractivity contribution in [2.75, 3.05) is 26.3 Å². The molecular weight excluding hydrogens is 394 g/mol. The van der Waals surface area contributed by atoms with Gasteiger partial charge in [0.05, 0.1) is 18.9 Å². The summed E-state index contributed by atoms with van der Waals surface area (Å²) in [7, 11) is 0. The van der Waals surface area contributed by atoms with Crippen LogP contribution in [0.5, 0.6) is 11.5 Å². The van der Waals surface area contributed by atoms with Crippen LogP contribution in [0.2, 0.25) is 0 Å². The molecule has 0 saturated carbocycles. The summed E-state index contributed by atoms with van der Waals surface area (Å²) in [6.45, 7) is 6.57. The van der Waals surface area contributed by atoms with Gasteiger partial charge in [-0.3, -0.25) is 9.89 Å². The normalized spacial score (nSPS) is 14.7. The van der Waals surface area contributed by atoms with Crippen molar-refractivity contribution in [2.45, 2.75) is 45.4 Å². The lowest BCUT2D eigenvalue weighted by Gasteiger charge is -2.31. The third-order valence-corrected chi connectivity index (χ3v) is 5.71. The van der Waals surface area contributed by atoms with E-state index in [9.17, 15) is 4.79 Å². The first kappa shape index (κ1) is 21.1. The van der Waals surface area contributed by atoms with Gasteiger partial charge < -0.3 is 14.4 Å². The van der Waals surface area contributed by atoms with Crippen LogP contribution in [0.1, 0.15) is 50.3 Å². The van der Waals surface area contributed by atoms with E-state index in [0.29, 0.717) is 37.6 Å². The largest absolute Gasteiger partial charge is 0.490 e. The Kier molecular flexibility index (Phi) is 6.64. The summed E-state index contributed by atoms with van der Waals surface area (Å²) in [6.07, 6.45) is 6.32. The lowest BCUT2D eigenvalue weighted by Crippen LogP contribution is -2.38. The number of ether oxygens (including phenoxy) is 2. The number of H-pyrrole nitrogens is 1. The number of amides is 1. The fourth-order valence-electron chi connectivity index (χ4n) is 4.13. The van der Waals surface area contributed by atoms with Crippen LogP contribution < -0.4 is 9.47 Å². The summed E-state index contributed by atoms with van der Waals surface area (Å²) in [4.78, 5) is 23.4. The average molecular weight is 424 g/mol. The Morgan fingerprint density at radius 3 is 2.61 bits per heavy atom. The van der Waals surface area contributed by atoms with E-state index in [1.807, 2.05) is 36.9 Å². The van der Waals surface area contributed by atoms with Gasteiger partial charge in [0.1, 0.15) is 5.52 Å². The molecule has 0 unspecified atom stereocenters. The van der Waals surface area contributed by atoms with Gasteiger partial charge in [0.25, 0.3) is 0 Å². The Bertz CT molecular complexity index is 1030. The van der Waals surface area contributed by atoms with Crippen molar-refractivity contribution in [3.63, 3.8) is 0 Å². The minimum absolute atomic E-state index is 0.194. The molecule has 1 fully saturated rings. The van der Waals surface area contributed by atoms with Crippen molar-refractivity contribution in [1.82, 2.24) is 25.1 Å². The highest BCUT2D eigenvalue weighted by Gasteiger charge is 2.26. The van der Waals surface area contributed by atoms with Crippen LogP contribution in [0.15, 0.2) is 30.6 Å². The highest BCUT2D eigenvalue weighted by atomic mass is 16.5. The summed E-state index contributed by atoms with van der Waals surface area (Å²) in [5.41, 5.74) is 3.61. The zero-order valence-electron chi connectivity index (χ0n) is 18.1. The number of fused-ring (bicyclic) bond motifs is 1. The Labute approximate surface area is 182 Å². The highest BCUT2D eigenvalue weighted by Crippen LogP contribution is 2.31. The van der Waals surface area contributed by atoms with Crippen molar-refractivity contribution in [3.05, 3.63) is 41.9 Å². The van der Waals surface area contributed by atoms with Crippen LogP contribution >= 0.6 is 0 Å². The van der Waals surface area contributed by atoms with Gasteiger partial charge in [-0.2, -0.15) is 5.10 Å². The van der Waals surface area contributed by atoms with Crippen LogP contribution in [-0.2, 0) is 11.2 Å². The summed E-state index contributed by atoms with van der Waals surface area (Å²) in [5, 5.41) is 7.35. The predicted octanol–water partition coefficient (Wildman–Crippen LogP) is 3.49. The zero-order valence-corrected chi connectivity index (χ0v) is 18.1. The number of aryl methyl sites for hydroxylation is 1. The first-order valence-corrected chi connectivity index (χ1v) is 11.0. The molecule has 2 aromatic heterocycles. The molecule has 1 aromatic carbocycles. The van der Waals surface area contributed by atoms with Gasteiger partial charge in [-0.1, -0.05) is 6.07 Å². The minimum Gasteiger partial charge on any atom is -0.490 e. The second-order valence-electron chi connectivity index (χ2n) is 7.67. The fourth-order valence-corrected chi connectivity index (χ4v) is 4.13. The lowest BCUT2D eigenvalue weighted by molar-refractivity contribution is -0.132. The molecule has 4 rings (SSSR count). The van der Waals surface area contributed by atoms with Crippen molar-refractivity contribution in [1.29, 1.82) is 0 Å². The van der Waals surface area contributed by atoms with Crippen molar-refractivity contribution in [2.24, 2.45) is 0 Å². The number of carbonyl (C=O) groups excluding carboxylic acids is 1. The molecule has 1 aliphatic rings. The van der Waals surface area contributed by atoms with E-state index in [0.717, 1.165) is 54.2 Å². The summed E-state index contributed by atoms with van der Waals surface area (Å²) in [5.74, 6) is 2.01. The molecule has 0 aliphatic carbocycles. The second kappa shape index (κ2) is 9.76. The summed E-state index contributed by atoms with van der Waals surface area (Å²) in [6, 6.07) is 5.92. The maximum Gasteiger partial charge on any atom is 0.222 e. The molecule has 164 valence electrons. The number of aromatic amines is 1. The topological polar surface area (TPSA) is 93.2 Å². The Hall–Kier alpha value is -3.16. The Morgan fingerprint density at radius 1 is 1.10 bits per heavy atom. The number of benzene rings is 1. The maximum absolute atomic E-state index is 12.8. The molecule has 1 saturated heterocycles. The second-order valence-corrected chi connectivity index (χ2v) is 7.67. The molecule has 0 radical (unpaired) electrons. The van der Waals surface area contributed by atoms with Crippen LogP contribution in [0, 0.1) is 0 Å². The van der Waals surface area contributed by atoms with E-state index in [-0.39, 0.29) is 5.91 Å². The molecule has 1 aliphatic heterocycles. The molecule has 0 bridgehead atoms. The van der Waals surface area contributed by atoms with Crippen LogP contribution in [0.3, 0.4) is 0 Å². The molecule has 3 heterocycles. The number of nitrogens with one attached hydrogen (secondary N) is 1. The van der Waals surface area contributed by atoms with Crippen LogP contribution in [0.25, 0.3) is 11.2 Å². The first-order valence-electron chi connectivity index (χ1n) is 11.0. The Morgan fingerprint density at radius 2 is 1.84 bits per heavy atom. The molecule has 8 heteroatoms.